The summed E-state index contributed by atoms with van der Waals surface area (Å²) in [4.78, 5) is 67.7. The SMILES string of the molecule is C=CC(=O)Nc1ccc(Nc2nc(Nc3ccc(OCCOCCNC(=O)CCCC(=O)NCCCOCCOCCOCCCNC(=O)CCCCC4SCC5NC(=O)NC54)cc3)ncc2F)cc1. The van der Waals surface area contributed by atoms with E-state index in [4.69, 9.17) is 23.7 Å². The van der Waals surface area contributed by atoms with Crippen LogP contribution < -0.4 is 47.3 Å². The number of hydrogen-bond donors (Lipinski definition) is 8. The summed E-state index contributed by atoms with van der Waals surface area (Å²) in [5, 5.41) is 23.5. The Kier molecular flexibility index (Phi) is 25.0. The van der Waals surface area contributed by atoms with Crippen LogP contribution in [-0.2, 0) is 38.1 Å². The highest BCUT2D eigenvalue weighted by Gasteiger charge is 2.42. The number of carbonyl (C=O) groups excluding carboxylic acids is 5. The molecule has 70 heavy (non-hydrogen) atoms. The lowest BCUT2D eigenvalue weighted by molar-refractivity contribution is -0.123. The van der Waals surface area contributed by atoms with E-state index in [-0.39, 0.29) is 66.4 Å². The Labute approximate surface area is 412 Å². The van der Waals surface area contributed by atoms with Crippen LogP contribution >= 0.6 is 11.8 Å². The van der Waals surface area contributed by atoms with Gasteiger partial charge in [0.1, 0.15) is 12.4 Å². The normalized spacial score (nSPS) is 15.8. The number of nitrogens with one attached hydrogen (secondary N) is 8. The Morgan fingerprint density at radius 2 is 1.26 bits per heavy atom. The van der Waals surface area contributed by atoms with Gasteiger partial charge in [0.2, 0.25) is 29.6 Å². The molecule has 3 heterocycles. The fraction of sp³-hybridized carbons (Fsp3) is 0.521. The van der Waals surface area contributed by atoms with Crippen LogP contribution in [-0.4, -0.2) is 142 Å². The average Bonchev–Trinajstić information content (AvgIpc) is 3.92. The standard InChI is InChI=1S/C48H67FN10O10S/c1-2-41(60)54-34-12-14-35(15-13-34)55-46-38(49)32-53-47(59-46)56-36-16-18-37(19-17-36)69-31-30-67-25-22-52-44(63)11-5-10-43(62)51-21-7-24-66-27-29-68-28-26-65-23-6-20-50-42(61)9-4-3-8-40-45-39(33-70-40)57-48(64)58-45/h2,12-19,32,39-40,45H,1,3-11,20-31,33H2,(H,50,61)(H,51,62)(H,52,63)(H,54,60)(H2,57,58,64)(H2,53,55,56,59). The number of halogens is 1. The highest BCUT2D eigenvalue weighted by molar-refractivity contribution is 8.00. The molecule has 20 nitrogen and oxygen atoms in total. The molecule has 2 aliphatic rings. The van der Waals surface area contributed by atoms with Crippen molar-refractivity contribution in [3.8, 4) is 5.75 Å². The molecule has 22 heteroatoms. The third kappa shape index (κ3) is 21.7. The zero-order valence-corrected chi connectivity index (χ0v) is 40.3. The number of nitrogens with zero attached hydrogens (tertiary/aromatic N) is 2. The quantitative estimate of drug-likeness (QED) is 0.0223. The summed E-state index contributed by atoms with van der Waals surface area (Å²) in [5.41, 5.74) is 1.78. The maximum atomic E-state index is 14.5. The van der Waals surface area contributed by atoms with Gasteiger partial charge < -0.3 is 66.2 Å². The number of unbranched alkanes of at least 4 members (excludes halogenated alkanes) is 1. The van der Waals surface area contributed by atoms with E-state index >= 15 is 0 Å². The number of benzene rings is 2. The number of hydrogen-bond acceptors (Lipinski definition) is 15. The molecule has 3 aromatic rings. The van der Waals surface area contributed by atoms with Crippen LogP contribution in [0.15, 0.2) is 67.4 Å². The van der Waals surface area contributed by atoms with Crippen LogP contribution in [0.25, 0.3) is 0 Å². The number of urea groups is 1. The summed E-state index contributed by atoms with van der Waals surface area (Å²) < 4.78 is 42.4. The third-order valence-corrected chi connectivity index (χ3v) is 12.2. The molecule has 2 aromatic carbocycles. The van der Waals surface area contributed by atoms with Crippen molar-refractivity contribution in [2.75, 3.05) is 101 Å². The fourth-order valence-electron chi connectivity index (χ4n) is 7.12. The molecule has 2 aliphatic heterocycles. The largest absolute Gasteiger partial charge is 0.491 e. The predicted octanol–water partition coefficient (Wildman–Crippen LogP) is 4.70. The lowest BCUT2D eigenvalue weighted by Gasteiger charge is -2.16. The van der Waals surface area contributed by atoms with Gasteiger partial charge in [0.05, 0.1) is 57.9 Å². The Morgan fingerprint density at radius 1 is 0.686 bits per heavy atom. The molecule has 0 saturated carbocycles. The van der Waals surface area contributed by atoms with Gasteiger partial charge in [0.25, 0.3) is 0 Å². The molecule has 5 rings (SSSR count). The molecule has 0 aliphatic carbocycles. The van der Waals surface area contributed by atoms with Gasteiger partial charge in [-0.1, -0.05) is 13.0 Å². The van der Waals surface area contributed by atoms with Gasteiger partial charge in [-0.15, -0.1) is 0 Å². The highest BCUT2D eigenvalue weighted by Crippen LogP contribution is 2.33. The molecular formula is C48H67FN10O10S. The van der Waals surface area contributed by atoms with Crippen molar-refractivity contribution in [3.63, 3.8) is 0 Å². The van der Waals surface area contributed by atoms with Crippen molar-refractivity contribution < 1.29 is 52.0 Å². The third-order valence-electron chi connectivity index (χ3n) is 10.7. The lowest BCUT2D eigenvalue weighted by atomic mass is 10.0. The summed E-state index contributed by atoms with van der Waals surface area (Å²) >= 11 is 1.89. The van der Waals surface area contributed by atoms with Crippen molar-refractivity contribution >= 4 is 70.3 Å². The van der Waals surface area contributed by atoms with Crippen LogP contribution in [0.5, 0.6) is 5.75 Å². The number of aromatic nitrogens is 2. The van der Waals surface area contributed by atoms with Gasteiger partial charge in [0.15, 0.2) is 11.6 Å². The molecule has 0 bridgehead atoms. The van der Waals surface area contributed by atoms with E-state index in [1.807, 2.05) is 11.8 Å². The molecule has 3 atom stereocenters. The summed E-state index contributed by atoms with van der Waals surface area (Å²) in [5.74, 6) is 0.523. The first kappa shape index (κ1) is 54.9. The van der Waals surface area contributed by atoms with Crippen LogP contribution in [0.1, 0.15) is 57.8 Å². The maximum absolute atomic E-state index is 14.5. The second kappa shape index (κ2) is 31.9. The van der Waals surface area contributed by atoms with E-state index in [0.717, 1.165) is 37.6 Å². The number of rotatable bonds is 36. The van der Waals surface area contributed by atoms with Crippen LogP contribution in [0.3, 0.4) is 0 Å². The highest BCUT2D eigenvalue weighted by atomic mass is 32.2. The predicted molar refractivity (Wildman–Crippen MR) is 265 cm³/mol. The van der Waals surface area contributed by atoms with E-state index in [1.165, 1.54) is 6.08 Å². The van der Waals surface area contributed by atoms with E-state index < -0.39 is 5.82 Å². The molecular weight excluding hydrogens is 928 g/mol. The van der Waals surface area contributed by atoms with Gasteiger partial charge in [0, 0.05) is 80.2 Å². The number of carbonyl (C=O) groups is 5. The summed E-state index contributed by atoms with van der Waals surface area (Å²) in [6.45, 7) is 8.56. The molecule has 382 valence electrons. The van der Waals surface area contributed by atoms with E-state index in [0.29, 0.717) is 126 Å². The molecule has 2 saturated heterocycles. The zero-order chi connectivity index (χ0) is 49.6. The maximum Gasteiger partial charge on any atom is 0.315 e. The van der Waals surface area contributed by atoms with Crippen LogP contribution in [0, 0.1) is 5.82 Å². The Bertz CT molecular complexity index is 2090. The van der Waals surface area contributed by atoms with Crippen LogP contribution in [0.4, 0.5) is 38.0 Å². The average molecular weight is 995 g/mol. The molecule has 1 aromatic heterocycles. The van der Waals surface area contributed by atoms with Gasteiger partial charge in [-0.05, 0) is 86.7 Å². The topological polar surface area (TPSA) is 254 Å². The lowest BCUT2D eigenvalue weighted by Crippen LogP contribution is -2.36. The van der Waals surface area contributed by atoms with Gasteiger partial charge in [-0.25, -0.2) is 14.2 Å². The van der Waals surface area contributed by atoms with Crippen molar-refractivity contribution in [2.45, 2.75) is 75.1 Å². The first-order valence-corrected chi connectivity index (χ1v) is 24.8. The summed E-state index contributed by atoms with van der Waals surface area (Å²) in [7, 11) is 0. The second-order valence-corrected chi connectivity index (χ2v) is 17.5. The van der Waals surface area contributed by atoms with Crippen molar-refractivity contribution in [3.05, 3.63) is 73.2 Å². The molecule has 0 radical (unpaired) electrons. The minimum atomic E-state index is -0.640. The molecule has 6 amide bonds. The molecule has 8 N–H and O–H groups in total. The number of ether oxygens (including phenoxy) is 5. The molecule has 2 fully saturated rings. The van der Waals surface area contributed by atoms with Crippen molar-refractivity contribution in [1.82, 2.24) is 36.6 Å². The molecule has 3 unspecified atom stereocenters. The van der Waals surface area contributed by atoms with E-state index in [9.17, 15) is 28.4 Å². The minimum Gasteiger partial charge on any atom is -0.491 e. The Hall–Kier alpha value is -6.07. The van der Waals surface area contributed by atoms with E-state index in [1.54, 1.807) is 48.5 Å². The summed E-state index contributed by atoms with van der Waals surface area (Å²) in [6, 6.07) is 14.1. The number of amides is 6. The van der Waals surface area contributed by atoms with E-state index in [2.05, 4.69) is 59.1 Å². The fourth-order valence-corrected chi connectivity index (χ4v) is 8.67. The van der Waals surface area contributed by atoms with Gasteiger partial charge in [-0.3, -0.25) is 19.2 Å². The second-order valence-electron chi connectivity index (χ2n) is 16.2. The first-order valence-electron chi connectivity index (χ1n) is 23.8. The monoisotopic (exact) mass is 994 g/mol. The summed E-state index contributed by atoms with van der Waals surface area (Å²) in [6.07, 6.45) is 7.85. The molecule has 0 spiro atoms. The van der Waals surface area contributed by atoms with Crippen molar-refractivity contribution in [1.29, 1.82) is 0 Å². The first-order chi connectivity index (χ1) is 34.1. The zero-order valence-electron chi connectivity index (χ0n) is 39.5. The Balaban J connectivity index is 0.748. The van der Waals surface area contributed by atoms with Crippen LogP contribution in [0.2, 0.25) is 0 Å². The number of thioether (sulfide) groups is 1. The number of fused-ring (bicyclic) bond motifs is 1. The van der Waals surface area contributed by atoms with Gasteiger partial charge in [-0.2, -0.15) is 16.7 Å². The van der Waals surface area contributed by atoms with Crippen molar-refractivity contribution in [2.24, 2.45) is 0 Å². The number of anilines is 5. The Morgan fingerprint density at radius 3 is 1.93 bits per heavy atom. The van der Waals surface area contributed by atoms with Gasteiger partial charge >= 0.3 is 6.03 Å². The minimum absolute atomic E-state index is 0.0290. The smallest absolute Gasteiger partial charge is 0.315 e.